The number of nitrogens with one attached hydrogen (secondary N) is 2. The van der Waals surface area contributed by atoms with Crippen molar-refractivity contribution in [2.24, 2.45) is 0 Å². The molecule has 0 aromatic heterocycles. The van der Waals surface area contributed by atoms with Gasteiger partial charge in [0, 0.05) is 18.7 Å². The third-order valence-corrected chi connectivity index (χ3v) is 8.06. The van der Waals surface area contributed by atoms with Crippen molar-refractivity contribution in [1.29, 1.82) is 0 Å². The number of benzene rings is 1. The summed E-state index contributed by atoms with van der Waals surface area (Å²) in [6.45, 7) is 8.95. The Morgan fingerprint density at radius 2 is 1.05 bits per heavy atom. The molecule has 0 spiro atoms. The SMILES string of the molecule is COC(=O)CCOCCOCCOCCOCCOCCOCCOCCOCCOCCOCCNc1cccc2c1C(=O)N(C1CCC(=O)NC1=O)C2=O. The minimum absolute atomic E-state index is 0.0626. The van der Waals surface area contributed by atoms with Crippen LogP contribution in [-0.4, -0.2) is 186 Å². The van der Waals surface area contributed by atoms with Gasteiger partial charge in [0.15, 0.2) is 0 Å². The maximum absolute atomic E-state index is 13.2. The van der Waals surface area contributed by atoms with Gasteiger partial charge in [0.05, 0.1) is 157 Å². The van der Waals surface area contributed by atoms with Gasteiger partial charge in [-0.3, -0.25) is 34.2 Å². The number of anilines is 1. The number of imide groups is 2. The molecule has 1 fully saturated rings. The largest absolute Gasteiger partial charge is 0.469 e. The number of nitrogens with zero attached hydrogens (tertiary/aromatic N) is 1. The van der Waals surface area contributed by atoms with E-state index in [4.69, 9.17) is 47.4 Å². The van der Waals surface area contributed by atoms with E-state index in [9.17, 15) is 24.0 Å². The summed E-state index contributed by atoms with van der Waals surface area (Å²) < 4.78 is 59.1. The molecule has 0 aliphatic carbocycles. The van der Waals surface area contributed by atoms with Crippen molar-refractivity contribution in [3.05, 3.63) is 29.3 Å². The van der Waals surface area contributed by atoms with Gasteiger partial charge in [-0.1, -0.05) is 6.07 Å². The highest BCUT2D eigenvalue weighted by atomic mass is 16.6. The standard InChI is InChI=1S/C37H57N3O16/c1-46-33(42)7-9-47-11-13-49-15-17-51-19-21-53-23-25-55-27-28-56-26-24-54-22-20-52-18-16-50-14-12-48-10-8-38-30-4-2-3-29-34(30)37(45)40(36(29)44)31-5-6-32(41)39-35(31)43/h2-4,31,38H,5-28H2,1H3,(H,39,41,43). The van der Waals surface area contributed by atoms with E-state index in [1.807, 2.05) is 0 Å². The lowest BCUT2D eigenvalue weighted by atomic mass is 10.0. The second kappa shape index (κ2) is 29.6. The van der Waals surface area contributed by atoms with Crippen LogP contribution in [0, 0.1) is 0 Å². The van der Waals surface area contributed by atoms with Gasteiger partial charge in [-0.15, -0.1) is 0 Å². The number of esters is 1. The van der Waals surface area contributed by atoms with E-state index in [1.165, 1.54) is 7.11 Å². The van der Waals surface area contributed by atoms with Gasteiger partial charge in [0.1, 0.15) is 6.04 Å². The number of piperidine rings is 1. The highest BCUT2D eigenvalue weighted by Crippen LogP contribution is 2.32. The molecule has 1 saturated heterocycles. The van der Waals surface area contributed by atoms with Gasteiger partial charge in [0.2, 0.25) is 11.8 Å². The van der Waals surface area contributed by atoms with Crippen molar-refractivity contribution in [2.75, 3.05) is 151 Å². The number of methoxy groups -OCH3 is 1. The average Bonchev–Trinajstić information content (AvgIpc) is 3.45. The molecule has 1 atom stereocenters. The molecule has 19 nitrogen and oxygen atoms in total. The van der Waals surface area contributed by atoms with Gasteiger partial charge in [-0.05, 0) is 18.6 Å². The van der Waals surface area contributed by atoms with E-state index < -0.39 is 29.7 Å². The molecule has 2 heterocycles. The van der Waals surface area contributed by atoms with Gasteiger partial charge >= 0.3 is 5.97 Å². The van der Waals surface area contributed by atoms with Crippen molar-refractivity contribution in [2.45, 2.75) is 25.3 Å². The summed E-state index contributed by atoms with van der Waals surface area (Å²) in [4.78, 5) is 61.8. The van der Waals surface area contributed by atoms with Crippen LogP contribution in [0.4, 0.5) is 5.69 Å². The van der Waals surface area contributed by atoms with Crippen molar-refractivity contribution in [3.8, 4) is 0 Å². The lowest BCUT2D eigenvalue weighted by molar-refractivity contribution is -0.142. The molecule has 0 saturated carbocycles. The average molecular weight is 800 g/mol. The van der Waals surface area contributed by atoms with Crippen LogP contribution in [0.2, 0.25) is 0 Å². The van der Waals surface area contributed by atoms with Crippen molar-refractivity contribution < 1.29 is 76.1 Å². The number of fused-ring (bicyclic) bond motifs is 1. The third-order valence-electron chi connectivity index (χ3n) is 8.06. The third kappa shape index (κ3) is 18.5. The summed E-state index contributed by atoms with van der Waals surface area (Å²) >= 11 is 0. The van der Waals surface area contributed by atoms with E-state index in [-0.39, 0.29) is 36.4 Å². The van der Waals surface area contributed by atoms with E-state index in [1.54, 1.807) is 18.2 Å². The summed E-state index contributed by atoms with van der Waals surface area (Å²) in [7, 11) is 1.34. The fourth-order valence-corrected chi connectivity index (χ4v) is 5.26. The Morgan fingerprint density at radius 1 is 0.625 bits per heavy atom. The maximum Gasteiger partial charge on any atom is 0.307 e. The normalized spacial score (nSPS) is 15.4. The molecule has 2 N–H and O–H groups in total. The first kappa shape index (κ1) is 46.8. The van der Waals surface area contributed by atoms with Crippen molar-refractivity contribution in [1.82, 2.24) is 10.2 Å². The first-order valence-electron chi connectivity index (χ1n) is 18.9. The maximum atomic E-state index is 13.2. The monoisotopic (exact) mass is 799 g/mol. The Hall–Kier alpha value is -3.63. The fourth-order valence-electron chi connectivity index (χ4n) is 5.26. The lowest BCUT2D eigenvalue weighted by Crippen LogP contribution is -2.54. The Bertz CT molecular complexity index is 1320. The fraction of sp³-hybridized carbons (Fsp3) is 0.703. The van der Waals surface area contributed by atoms with Crippen LogP contribution in [0.15, 0.2) is 18.2 Å². The number of hydrogen-bond donors (Lipinski definition) is 2. The zero-order valence-electron chi connectivity index (χ0n) is 32.3. The van der Waals surface area contributed by atoms with Crippen LogP contribution in [0.5, 0.6) is 0 Å². The number of amides is 4. The molecule has 1 unspecified atom stereocenters. The summed E-state index contributed by atoms with van der Waals surface area (Å²) in [5.41, 5.74) is 0.896. The van der Waals surface area contributed by atoms with Crippen LogP contribution in [0.3, 0.4) is 0 Å². The molecule has 2 aliphatic heterocycles. The first-order valence-corrected chi connectivity index (χ1v) is 18.9. The summed E-state index contributed by atoms with van der Waals surface area (Å²) in [5.74, 6) is -2.48. The Balaban J connectivity index is 1.01. The quantitative estimate of drug-likeness (QED) is 0.0534. The van der Waals surface area contributed by atoms with Crippen molar-refractivity contribution in [3.63, 3.8) is 0 Å². The van der Waals surface area contributed by atoms with Gasteiger partial charge < -0.3 is 57.4 Å². The molecule has 2 aliphatic rings. The molecule has 56 heavy (non-hydrogen) atoms. The summed E-state index contributed by atoms with van der Waals surface area (Å²) in [5, 5.41) is 5.32. The highest BCUT2D eigenvalue weighted by Gasteiger charge is 2.45. The summed E-state index contributed by atoms with van der Waals surface area (Å²) in [6.07, 6.45) is 0.394. The number of carbonyl (C=O) groups excluding carboxylic acids is 5. The second-order valence-electron chi connectivity index (χ2n) is 12.1. The van der Waals surface area contributed by atoms with E-state index in [2.05, 4.69) is 15.4 Å². The molecule has 1 aromatic carbocycles. The molecule has 0 radical (unpaired) electrons. The number of ether oxygens (including phenoxy) is 11. The van der Waals surface area contributed by atoms with Crippen LogP contribution in [0.25, 0.3) is 0 Å². The minimum atomic E-state index is -1.01. The summed E-state index contributed by atoms with van der Waals surface area (Å²) in [6, 6.07) is 3.89. The Labute approximate surface area is 327 Å². The predicted molar refractivity (Wildman–Crippen MR) is 196 cm³/mol. The first-order chi connectivity index (χ1) is 27.4. The molecule has 3 rings (SSSR count). The predicted octanol–water partition coefficient (Wildman–Crippen LogP) is 0.229. The zero-order valence-corrected chi connectivity index (χ0v) is 32.3. The zero-order chi connectivity index (χ0) is 40.1. The van der Waals surface area contributed by atoms with E-state index in [0.29, 0.717) is 144 Å². The topological polar surface area (TPSA) is 214 Å². The molecule has 1 aromatic rings. The molecule has 4 amide bonds. The van der Waals surface area contributed by atoms with Crippen LogP contribution in [0.1, 0.15) is 40.0 Å². The van der Waals surface area contributed by atoms with Crippen LogP contribution in [-0.2, 0) is 66.5 Å². The number of rotatable bonds is 35. The van der Waals surface area contributed by atoms with Gasteiger partial charge in [-0.2, -0.15) is 0 Å². The second-order valence-corrected chi connectivity index (χ2v) is 12.1. The molecule has 0 bridgehead atoms. The highest BCUT2D eigenvalue weighted by molar-refractivity contribution is 6.25. The van der Waals surface area contributed by atoms with Crippen molar-refractivity contribution >= 4 is 35.3 Å². The number of carbonyl (C=O) groups is 5. The van der Waals surface area contributed by atoms with Gasteiger partial charge in [-0.25, -0.2) is 0 Å². The smallest absolute Gasteiger partial charge is 0.307 e. The van der Waals surface area contributed by atoms with Gasteiger partial charge in [0.25, 0.3) is 11.8 Å². The Kier molecular flexibility index (Phi) is 24.7. The Morgan fingerprint density at radius 3 is 1.48 bits per heavy atom. The van der Waals surface area contributed by atoms with Crippen LogP contribution >= 0.6 is 0 Å². The van der Waals surface area contributed by atoms with E-state index >= 15 is 0 Å². The molecule has 19 heteroatoms. The molecular formula is C37H57N3O16. The lowest BCUT2D eigenvalue weighted by Gasteiger charge is -2.27. The number of hydrogen-bond acceptors (Lipinski definition) is 17. The van der Waals surface area contributed by atoms with Crippen LogP contribution < -0.4 is 10.6 Å². The molecular weight excluding hydrogens is 742 g/mol. The molecule has 316 valence electrons. The van der Waals surface area contributed by atoms with E-state index in [0.717, 1.165) is 4.90 Å². The minimum Gasteiger partial charge on any atom is -0.469 e.